The molecule has 2 nitrogen and oxygen atoms in total. The lowest BCUT2D eigenvalue weighted by Gasteiger charge is -2.25. The molecule has 72 valence electrons. The highest BCUT2D eigenvalue weighted by atomic mass is 19.3. The molecule has 0 spiro atoms. The lowest BCUT2D eigenvalue weighted by molar-refractivity contribution is -0.372. The summed E-state index contributed by atoms with van der Waals surface area (Å²) >= 11 is 0. The molecule has 8 heteroatoms. The fourth-order valence-corrected chi connectivity index (χ4v) is 0.275. The number of hydrogen-bond donors (Lipinski definition) is 1. The van der Waals surface area contributed by atoms with Crippen LogP contribution in [0.2, 0.25) is 0 Å². The minimum absolute atomic E-state index is 1.66. The lowest BCUT2D eigenvalue weighted by atomic mass is 10.2. The molecule has 0 fully saturated rings. The molecule has 0 heterocycles. The Morgan fingerprint density at radius 2 is 1.33 bits per heavy atom. The Balaban J connectivity index is 4.97. The van der Waals surface area contributed by atoms with Gasteiger partial charge in [-0.2, -0.15) is 26.3 Å². The molecule has 0 saturated carbocycles. The van der Waals surface area contributed by atoms with Crippen LogP contribution in [0.4, 0.5) is 26.3 Å². The minimum atomic E-state index is -6.10. The van der Waals surface area contributed by atoms with Gasteiger partial charge in [0.15, 0.2) is 6.29 Å². The summed E-state index contributed by atoms with van der Waals surface area (Å²) in [5.41, 5.74) is 0. The van der Waals surface area contributed by atoms with Gasteiger partial charge in [-0.15, -0.1) is 0 Å². The maximum absolute atomic E-state index is 11.7. The second kappa shape index (κ2) is 2.61. The minimum Gasteiger partial charge on any atom is -0.331 e. The second-order valence-electron chi connectivity index (χ2n) is 1.86. The number of halogens is 6. The topological polar surface area (TPSA) is 37.3 Å². The van der Waals surface area contributed by atoms with E-state index < -0.39 is 24.2 Å². The standard InChI is InChI=1S/C4H2F6O2/c5-2(6,1-11)3(7,8)4(9,10)12/h1,12H. The highest BCUT2D eigenvalue weighted by Gasteiger charge is 2.71. The summed E-state index contributed by atoms with van der Waals surface area (Å²) in [6.07, 6.45) is -7.59. The highest BCUT2D eigenvalue weighted by Crippen LogP contribution is 2.42. The number of aliphatic hydroxyl groups is 1. The van der Waals surface area contributed by atoms with Crippen molar-refractivity contribution in [1.82, 2.24) is 0 Å². The van der Waals surface area contributed by atoms with E-state index in [1.165, 1.54) is 0 Å². The zero-order valence-electron chi connectivity index (χ0n) is 5.20. The van der Waals surface area contributed by atoms with E-state index in [1.807, 2.05) is 0 Å². The largest absolute Gasteiger partial charge is 0.423 e. The van der Waals surface area contributed by atoms with Crippen LogP contribution in [0.5, 0.6) is 0 Å². The average Bonchev–Trinajstić information content (AvgIpc) is 1.85. The molecule has 0 amide bonds. The molecular weight excluding hydrogens is 194 g/mol. The maximum atomic E-state index is 11.7. The number of carbonyl (C=O) groups excluding carboxylic acids is 1. The van der Waals surface area contributed by atoms with Crippen molar-refractivity contribution in [2.75, 3.05) is 0 Å². The number of alkyl halides is 6. The van der Waals surface area contributed by atoms with Crippen LogP contribution < -0.4 is 0 Å². The summed E-state index contributed by atoms with van der Waals surface area (Å²) in [6.45, 7) is 0. The van der Waals surface area contributed by atoms with E-state index in [9.17, 15) is 31.1 Å². The fraction of sp³-hybridized carbons (Fsp3) is 0.750. The first-order valence-corrected chi connectivity index (χ1v) is 2.38. The molecule has 0 aliphatic rings. The average molecular weight is 196 g/mol. The van der Waals surface area contributed by atoms with Gasteiger partial charge in [0.05, 0.1) is 0 Å². The smallest absolute Gasteiger partial charge is 0.331 e. The number of aldehydes is 1. The lowest BCUT2D eigenvalue weighted by Crippen LogP contribution is -2.54. The van der Waals surface area contributed by atoms with Crippen LogP contribution in [-0.4, -0.2) is 29.3 Å². The fourth-order valence-electron chi connectivity index (χ4n) is 0.275. The molecule has 0 aromatic carbocycles. The van der Waals surface area contributed by atoms with Gasteiger partial charge >= 0.3 is 18.0 Å². The summed E-state index contributed by atoms with van der Waals surface area (Å²) in [5, 5.41) is 7.29. The van der Waals surface area contributed by atoms with Crippen LogP contribution in [0.1, 0.15) is 0 Å². The maximum Gasteiger partial charge on any atom is 0.423 e. The van der Waals surface area contributed by atoms with E-state index in [0.29, 0.717) is 0 Å². The Labute approximate surface area is 61.8 Å². The molecule has 0 aromatic rings. The summed E-state index contributed by atoms with van der Waals surface area (Å²) in [6, 6.07) is 0. The van der Waals surface area contributed by atoms with Gasteiger partial charge in [-0.3, -0.25) is 4.79 Å². The molecular formula is C4H2F6O2. The first-order chi connectivity index (χ1) is 5.06. The predicted octanol–water partition coefficient (Wildman–Crippen LogP) is 1.04. The zero-order chi connectivity index (χ0) is 10.2. The Bertz CT molecular complexity index is 182. The molecule has 0 atom stereocenters. The third-order valence-corrected chi connectivity index (χ3v) is 0.944. The van der Waals surface area contributed by atoms with Gasteiger partial charge in [0, 0.05) is 0 Å². The predicted molar refractivity (Wildman–Crippen MR) is 23.1 cm³/mol. The van der Waals surface area contributed by atoms with Crippen molar-refractivity contribution in [2.24, 2.45) is 0 Å². The summed E-state index contributed by atoms with van der Waals surface area (Å²) in [4.78, 5) is 9.25. The van der Waals surface area contributed by atoms with Crippen molar-refractivity contribution in [3.63, 3.8) is 0 Å². The molecule has 0 radical (unpaired) electrons. The third kappa shape index (κ3) is 1.52. The van der Waals surface area contributed by atoms with Gasteiger partial charge < -0.3 is 5.11 Å². The number of hydrogen-bond acceptors (Lipinski definition) is 2. The van der Waals surface area contributed by atoms with E-state index in [2.05, 4.69) is 0 Å². The number of rotatable bonds is 3. The van der Waals surface area contributed by atoms with E-state index >= 15 is 0 Å². The molecule has 0 rings (SSSR count). The van der Waals surface area contributed by atoms with Crippen LogP contribution in [0, 0.1) is 0 Å². The van der Waals surface area contributed by atoms with Gasteiger partial charge in [-0.25, -0.2) is 0 Å². The molecule has 0 saturated heterocycles. The van der Waals surface area contributed by atoms with Crippen molar-refractivity contribution < 1.29 is 36.2 Å². The SMILES string of the molecule is O=CC(F)(F)C(F)(F)C(O)(F)F. The van der Waals surface area contributed by atoms with Crippen molar-refractivity contribution in [3.8, 4) is 0 Å². The summed E-state index contributed by atoms with van der Waals surface area (Å²) in [5.74, 6) is -11.7. The van der Waals surface area contributed by atoms with E-state index in [0.717, 1.165) is 0 Å². The molecule has 0 aliphatic carbocycles. The van der Waals surface area contributed by atoms with E-state index in [1.54, 1.807) is 0 Å². The van der Waals surface area contributed by atoms with E-state index in [4.69, 9.17) is 5.11 Å². The Morgan fingerprint density at radius 3 is 1.42 bits per heavy atom. The highest BCUT2D eigenvalue weighted by molar-refractivity contribution is 5.61. The van der Waals surface area contributed by atoms with Gasteiger partial charge in [0.25, 0.3) is 0 Å². The van der Waals surface area contributed by atoms with Crippen LogP contribution in [0.25, 0.3) is 0 Å². The van der Waals surface area contributed by atoms with E-state index in [-0.39, 0.29) is 0 Å². The van der Waals surface area contributed by atoms with Crippen molar-refractivity contribution >= 4 is 6.29 Å². The van der Waals surface area contributed by atoms with Crippen molar-refractivity contribution in [3.05, 3.63) is 0 Å². The molecule has 0 aliphatic heterocycles. The monoisotopic (exact) mass is 196 g/mol. The first-order valence-electron chi connectivity index (χ1n) is 2.38. The molecule has 0 unspecified atom stereocenters. The van der Waals surface area contributed by atoms with Gasteiger partial charge in [0.1, 0.15) is 0 Å². The van der Waals surface area contributed by atoms with Crippen molar-refractivity contribution in [1.29, 1.82) is 0 Å². The van der Waals surface area contributed by atoms with Crippen LogP contribution in [0.3, 0.4) is 0 Å². The Hall–Kier alpha value is -0.790. The van der Waals surface area contributed by atoms with Gasteiger partial charge in [-0.1, -0.05) is 0 Å². The summed E-state index contributed by atoms with van der Waals surface area (Å²) in [7, 11) is 0. The van der Waals surface area contributed by atoms with Gasteiger partial charge in [0.2, 0.25) is 0 Å². The van der Waals surface area contributed by atoms with Crippen molar-refractivity contribution in [2.45, 2.75) is 18.0 Å². The Morgan fingerprint density at radius 1 is 1.00 bits per heavy atom. The quantitative estimate of drug-likeness (QED) is 0.540. The summed E-state index contributed by atoms with van der Waals surface area (Å²) < 4.78 is 69.5. The molecule has 1 N–H and O–H groups in total. The zero-order valence-corrected chi connectivity index (χ0v) is 5.20. The molecule has 12 heavy (non-hydrogen) atoms. The molecule has 0 aromatic heterocycles. The van der Waals surface area contributed by atoms with Crippen LogP contribution in [0.15, 0.2) is 0 Å². The third-order valence-electron chi connectivity index (χ3n) is 0.944. The number of carbonyl (C=O) groups is 1. The van der Waals surface area contributed by atoms with Crippen LogP contribution >= 0.6 is 0 Å². The Kier molecular flexibility index (Phi) is 2.44. The second-order valence-corrected chi connectivity index (χ2v) is 1.86. The molecule has 0 bridgehead atoms. The first kappa shape index (κ1) is 11.2. The van der Waals surface area contributed by atoms with Gasteiger partial charge in [-0.05, 0) is 0 Å². The normalized spacial score (nSPS) is 14.6. The van der Waals surface area contributed by atoms with Crippen LogP contribution in [-0.2, 0) is 4.79 Å².